The Morgan fingerprint density at radius 1 is 0.903 bits per heavy atom. The number of ether oxygens (including phenoxy) is 3. The third-order valence-corrected chi connectivity index (χ3v) is 8.21. The fourth-order valence-electron chi connectivity index (χ4n) is 6.10. The van der Waals surface area contributed by atoms with Gasteiger partial charge < -0.3 is 14.2 Å². The molecule has 172 valence electrons. The van der Waals surface area contributed by atoms with Gasteiger partial charge in [0, 0.05) is 0 Å². The Hall–Kier alpha value is -1.16. The average Bonchev–Trinajstić information content (AvgIpc) is 2.83. The van der Waals surface area contributed by atoms with Gasteiger partial charge in [0.1, 0.15) is 6.10 Å². The van der Waals surface area contributed by atoms with Crippen molar-refractivity contribution in [1.82, 2.24) is 0 Å². The largest absolute Gasteiger partial charge is 0.366 e. The lowest BCUT2D eigenvalue weighted by Gasteiger charge is -2.54. The molecule has 31 heavy (non-hydrogen) atoms. The molecule has 0 unspecified atom stereocenters. The van der Waals surface area contributed by atoms with E-state index in [-0.39, 0.29) is 12.4 Å². The van der Waals surface area contributed by atoms with Crippen molar-refractivity contribution in [2.45, 2.75) is 102 Å². The predicted octanol–water partition coefficient (Wildman–Crippen LogP) is 7.26. The SMILES string of the molecule is CCCC/C=C/CO[C@@H]1CO[C@@H](c2ccc(C34CCC(CCC)(CC3)CC4)cc2)CO1. The van der Waals surface area contributed by atoms with E-state index in [2.05, 4.69) is 50.3 Å². The molecule has 0 N–H and O–H groups in total. The highest BCUT2D eigenvalue weighted by Gasteiger charge is 2.48. The summed E-state index contributed by atoms with van der Waals surface area (Å²) in [6.45, 7) is 6.22. The number of fused-ring (bicyclic) bond motifs is 3. The van der Waals surface area contributed by atoms with E-state index >= 15 is 0 Å². The number of allylic oxidation sites excluding steroid dienone is 1. The first-order valence-electron chi connectivity index (χ1n) is 12.8. The zero-order valence-corrected chi connectivity index (χ0v) is 19.7. The predicted molar refractivity (Wildman–Crippen MR) is 126 cm³/mol. The van der Waals surface area contributed by atoms with Gasteiger partial charge in [-0.15, -0.1) is 0 Å². The monoisotopic (exact) mass is 426 g/mol. The van der Waals surface area contributed by atoms with E-state index in [9.17, 15) is 0 Å². The minimum Gasteiger partial charge on any atom is -0.366 e. The Morgan fingerprint density at radius 3 is 2.26 bits per heavy atom. The maximum Gasteiger partial charge on any atom is 0.181 e. The first-order chi connectivity index (χ1) is 15.2. The summed E-state index contributed by atoms with van der Waals surface area (Å²) in [5.41, 5.74) is 3.88. The summed E-state index contributed by atoms with van der Waals surface area (Å²) < 4.78 is 17.8. The lowest BCUT2D eigenvalue weighted by atomic mass is 9.51. The van der Waals surface area contributed by atoms with Crippen LogP contribution in [0.2, 0.25) is 0 Å². The summed E-state index contributed by atoms with van der Waals surface area (Å²) in [6, 6.07) is 9.30. The molecule has 3 saturated carbocycles. The highest BCUT2D eigenvalue weighted by molar-refractivity contribution is 5.32. The van der Waals surface area contributed by atoms with Crippen LogP contribution in [0, 0.1) is 5.41 Å². The second kappa shape index (κ2) is 10.6. The van der Waals surface area contributed by atoms with Crippen LogP contribution < -0.4 is 0 Å². The van der Waals surface area contributed by atoms with Crippen LogP contribution in [0.1, 0.15) is 102 Å². The van der Waals surface area contributed by atoms with Crippen LogP contribution in [0.4, 0.5) is 0 Å². The van der Waals surface area contributed by atoms with E-state index in [1.165, 1.54) is 69.8 Å². The molecular weight excluding hydrogens is 384 g/mol. The molecule has 1 aliphatic heterocycles. The van der Waals surface area contributed by atoms with Crippen molar-refractivity contribution in [3.8, 4) is 0 Å². The molecule has 1 aromatic carbocycles. The van der Waals surface area contributed by atoms with E-state index in [0.29, 0.717) is 30.7 Å². The summed E-state index contributed by atoms with van der Waals surface area (Å²) in [5.74, 6) is 0. The maximum atomic E-state index is 6.08. The van der Waals surface area contributed by atoms with Gasteiger partial charge in [0.05, 0.1) is 19.8 Å². The van der Waals surface area contributed by atoms with Crippen LogP contribution in [-0.4, -0.2) is 26.1 Å². The standard InChI is InChI=1S/C28H42O3/c1-3-5-6-7-8-20-29-26-22-30-25(21-31-26)23-9-11-24(12-10-23)28-17-14-27(13-4-2,15-18-28)16-19-28/h7-12,25-26H,3-6,13-22H2,1-2H3/b8-7+/t25-,26+,27?,28?/m1/s1. The Morgan fingerprint density at radius 2 is 1.65 bits per heavy atom. The van der Waals surface area contributed by atoms with Gasteiger partial charge in [-0.3, -0.25) is 0 Å². The summed E-state index contributed by atoms with van der Waals surface area (Å²) in [7, 11) is 0. The minimum absolute atomic E-state index is 0.0152. The average molecular weight is 427 g/mol. The first-order valence-corrected chi connectivity index (χ1v) is 12.8. The molecule has 0 radical (unpaired) electrons. The number of hydrogen-bond acceptors (Lipinski definition) is 3. The van der Waals surface area contributed by atoms with Gasteiger partial charge in [0.15, 0.2) is 6.29 Å². The lowest BCUT2D eigenvalue weighted by Crippen LogP contribution is -2.44. The smallest absolute Gasteiger partial charge is 0.181 e. The second-order valence-corrected chi connectivity index (χ2v) is 10.2. The Bertz CT molecular complexity index is 675. The zero-order valence-electron chi connectivity index (χ0n) is 19.7. The van der Waals surface area contributed by atoms with E-state index in [1.54, 1.807) is 5.56 Å². The van der Waals surface area contributed by atoms with E-state index in [4.69, 9.17) is 14.2 Å². The number of unbranched alkanes of at least 4 members (excludes halogenated alkanes) is 2. The van der Waals surface area contributed by atoms with Crippen LogP contribution in [0.5, 0.6) is 0 Å². The quantitative estimate of drug-likeness (QED) is 0.291. The molecule has 0 spiro atoms. The molecule has 3 heteroatoms. The van der Waals surface area contributed by atoms with Crippen LogP contribution >= 0.6 is 0 Å². The molecule has 4 fully saturated rings. The van der Waals surface area contributed by atoms with Crippen molar-refractivity contribution in [2.75, 3.05) is 19.8 Å². The fourth-order valence-corrected chi connectivity index (χ4v) is 6.10. The highest BCUT2D eigenvalue weighted by Crippen LogP contribution is 2.59. The molecule has 4 aliphatic rings. The second-order valence-electron chi connectivity index (χ2n) is 10.2. The molecule has 0 amide bonds. The summed E-state index contributed by atoms with van der Waals surface area (Å²) in [4.78, 5) is 0. The highest BCUT2D eigenvalue weighted by atomic mass is 16.7. The normalized spacial score (nSPS) is 33.2. The van der Waals surface area contributed by atoms with Crippen molar-refractivity contribution in [3.05, 3.63) is 47.5 Å². The Labute approximate surface area is 189 Å². The minimum atomic E-state index is -0.252. The first kappa shape index (κ1) is 23.0. The molecule has 2 bridgehead atoms. The van der Waals surface area contributed by atoms with Gasteiger partial charge in [-0.25, -0.2) is 0 Å². The summed E-state index contributed by atoms with van der Waals surface area (Å²) in [6.07, 6.45) is 18.8. The van der Waals surface area contributed by atoms with Gasteiger partial charge in [-0.1, -0.05) is 69.5 Å². The Kier molecular flexibility index (Phi) is 7.90. The third kappa shape index (κ3) is 5.43. The molecule has 0 aromatic heterocycles. The lowest BCUT2D eigenvalue weighted by molar-refractivity contribution is -0.232. The fraction of sp³-hybridized carbons (Fsp3) is 0.714. The van der Waals surface area contributed by atoms with Gasteiger partial charge in [-0.05, 0) is 73.3 Å². The van der Waals surface area contributed by atoms with Crippen LogP contribution in [0.15, 0.2) is 36.4 Å². The number of rotatable bonds is 10. The number of hydrogen-bond donors (Lipinski definition) is 0. The molecule has 2 atom stereocenters. The molecule has 1 aromatic rings. The summed E-state index contributed by atoms with van der Waals surface area (Å²) >= 11 is 0. The molecule has 3 aliphatic carbocycles. The van der Waals surface area contributed by atoms with E-state index in [0.717, 1.165) is 6.42 Å². The van der Waals surface area contributed by atoms with Crippen LogP contribution in [0.25, 0.3) is 0 Å². The van der Waals surface area contributed by atoms with Crippen molar-refractivity contribution in [3.63, 3.8) is 0 Å². The van der Waals surface area contributed by atoms with Crippen LogP contribution in [-0.2, 0) is 19.6 Å². The van der Waals surface area contributed by atoms with Gasteiger partial charge in [0.2, 0.25) is 0 Å². The van der Waals surface area contributed by atoms with Crippen LogP contribution in [0.3, 0.4) is 0 Å². The Balaban J connectivity index is 1.25. The molecule has 1 heterocycles. The number of benzene rings is 1. The van der Waals surface area contributed by atoms with Gasteiger partial charge in [-0.2, -0.15) is 0 Å². The topological polar surface area (TPSA) is 27.7 Å². The van der Waals surface area contributed by atoms with E-state index < -0.39 is 0 Å². The maximum absolute atomic E-state index is 6.08. The van der Waals surface area contributed by atoms with Gasteiger partial charge in [0.25, 0.3) is 0 Å². The van der Waals surface area contributed by atoms with E-state index in [1.807, 2.05) is 0 Å². The van der Waals surface area contributed by atoms with Crippen molar-refractivity contribution >= 4 is 0 Å². The zero-order chi connectivity index (χ0) is 21.6. The molecule has 3 nitrogen and oxygen atoms in total. The molecular formula is C28H42O3. The van der Waals surface area contributed by atoms with Crippen molar-refractivity contribution in [2.24, 2.45) is 5.41 Å². The van der Waals surface area contributed by atoms with Gasteiger partial charge >= 0.3 is 0 Å². The van der Waals surface area contributed by atoms with Crippen molar-refractivity contribution in [1.29, 1.82) is 0 Å². The molecule has 5 rings (SSSR count). The third-order valence-electron chi connectivity index (χ3n) is 8.21. The van der Waals surface area contributed by atoms with Crippen molar-refractivity contribution < 1.29 is 14.2 Å². The summed E-state index contributed by atoms with van der Waals surface area (Å²) in [5, 5.41) is 0. The molecule has 1 saturated heterocycles.